The lowest BCUT2D eigenvalue weighted by molar-refractivity contribution is 0.231. The van der Waals surface area contributed by atoms with E-state index in [-0.39, 0.29) is 11.2 Å². The first-order valence-corrected chi connectivity index (χ1v) is 8.16. The van der Waals surface area contributed by atoms with Gasteiger partial charge in [-0.3, -0.25) is 0 Å². The van der Waals surface area contributed by atoms with Crippen molar-refractivity contribution in [3.63, 3.8) is 0 Å². The number of benzene rings is 1. The molecule has 0 unspecified atom stereocenters. The molecule has 1 saturated heterocycles. The first-order chi connectivity index (χ1) is 10.3. The lowest BCUT2D eigenvalue weighted by Gasteiger charge is -2.34. The summed E-state index contributed by atoms with van der Waals surface area (Å²) in [6, 6.07) is 5.29. The standard InChI is InChI=1S/C20H28FN/c1-6-15(2)22-11-9-16(10-12-22)13-17-7-8-18(21)14-19(17)20(3,4)5/h6-8,14,16H,1-2,9-13H2,3-5H3. The lowest BCUT2D eigenvalue weighted by atomic mass is 9.80. The number of hydrogen-bond donors (Lipinski definition) is 0. The molecule has 0 atom stereocenters. The van der Waals surface area contributed by atoms with Crippen LogP contribution in [-0.4, -0.2) is 18.0 Å². The van der Waals surface area contributed by atoms with Gasteiger partial charge in [0, 0.05) is 18.8 Å². The van der Waals surface area contributed by atoms with Gasteiger partial charge in [0.05, 0.1) is 0 Å². The lowest BCUT2D eigenvalue weighted by Crippen LogP contribution is -2.33. The maximum atomic E-state index is 13.6. The smallest absolute Gasteiger partial charge is 0.123 e. The van der Waals surface area contributed by atoms with Gasteiger partial charge in [0.1, 0.15) is 5.82 Å². The van der Waals surface area contributed by atoms with Crippen LogP contribution >= 0.6 is 0 Å². The Hall–Kier alpha value is -1.57. The molecule has 1 heterocycles. The minimum Gasteiger partial charge on any atom is -0.372 e. The van der Waals surface area contributed by atoms with Gasteiger partial charge in [-0.2, -0.15) is 0 Å². The summed E-state index contributed by atoms with van der Waals surface area (Å²) in [5.74, 6) is 0.534. The third kappa shape index (κ3) is 4.00. The van der Waals surface area contributed by atoms with Gasteiger partial charge in [-0.15, -0.1) is 0 Å². The summed E-state index contributed by atoms with van der Waals surface area (Å²) in [5, 5.41) is 0. The Bertz CT molecular complexity index is 545. The van der Waals surface area contributed by atoms with Crippen LogP contribution in [0, 0.1) is 11.7 Å². The zero-order valence-corrected chi connectivity index (χ0v) is 14.2. The molecule has 0 bridgehead atoms. The fraction of sp³-hybridized carbons (Fsp3) is 0.500. The Morgan fingerprint density at radius 2 is 1.95 bits per heavy atom. The topological polar surface area (TPSA) is 3.24 Å². The SMILES string of the molecule is C=CC(=C)N1CCC(Cc2ccc(F)cc2C(C)(C)C)CC1. The van der Waals surface area contributed by atoms with Crippen molar-refractivity contribution in [2.45, 2.75) is 45.4 Å². The van der Waals surface area contributed by atoms with E-state index in [1.807, 2.05) is 12.1 Å². The normalized spacial score (nSPS) is 16.6. The van der Waals surface area contributed by atoms with Crippen molar-refractivity contribution in [3.05, 3.63) is 60.1 Å². The summed E-state index contributed by atoms with van der Waals surface area (Å²) in [7, 11) is 0. The first-order valence-electron chi connectivity index (χ1n) is 8.16. The molecule has 1 aromatic rings. The minimum atomic E-state index is -0.134. The summed E-state index contributed by atoms with van der Waals surface area (Å²) in [6.45, 7) is 16.4. The highest BCUT2D eigenvalue weighted by Crippen LogP contribution is 2.31. The average molecular weight is 301 g/mol. The van der Waals surface area contributed by atoms with E-state index in [4.69, 9.17) is 0 Å². The van der Waals surface area contributed by atoms with Crippen LogP contribution in [0.15, 0.2) is 43.1 Å². The van der Waals surface area contributed by atoms with Crippen LogP contribution in [0.25, 0.3) is 0 Å². The number of allylic oxidation sites excluding steroid dienone is 1. The zero-order chi connectivity index (χ0) is 16.3. The van der Waals surface area contributed by atoms with Crippen molar-refractivity contribution in [1.82, 2.24) is 4.90 Å². The van der Waals surface area contributed by atoms with E-state index in [9.17, 15) is 4.39 Å². The van der Waals surface area contributed by atoms with E-state index >= 15 is 0 Å². The predicted molar refractivity (Wildman–Crippen MR) is 92.4 cm³/mol. The average Bonchev–Trinajstić information content (AvgIpc) is 2.48. The molecular formula is C20H28FN. The van der Waals surface area contributed by atoms with Crippen LogP contribution in [-0.2, 0) is 11.8 Å². The van der Waals surface area contributed by atoms with E-state index in [2.05, 4.69) is 38.8 Å². The number of nitrogens with zero attached hydrogens (tertiary/aromatic N) is 1. The Morgan fingerprint density at radius 3 is 2.50 bits per heavy atom. The van der Waals surface area contributed by atoms with Crippen molar-refractivity contribution >= 4 is 0 Å². The summed E-state index contributed by atoms with van der Waals surface area (Å²) >= 11 is 0. The Labute approximate surface area is 134 Å². The molecule has 120 valence electrons. The van der Waals surface area contributed by atoms with Crippen LogP contribution in [0.3, 0.4) is 0 Å². The molecule has 0 radical (unpaired) electrons. The van der Waals surface area contributed by atoms with E-state index in [1.54, 1.807) is 12.1 Å². The Balaban J connectivity index is 2.07. The van der Waals surface area contributed by atoms with E-state index in [0.29, 0.717) is 5.92 Å². The molecule has 1 fully saturated rings. The molecular weight excluding hydrogens is 273 g/mol. The third-order valence-corrected chi connectivity index (χ3v) is 4.64. The summed E-state index contributed by atoms with van der Waals surface area (Å²) < 4.78 is 13.6. The van der Waals surface area contributed by atoms with Crippen LogP contribution < -0.4 is 0 Å². The number of likely N-dealkylation sites (tertiary alicyclic amines) is 1. The van der Waals surface area contributed by atoms with Gasteiger partial charge in [0.2, 0.25) is 0 Å². The van der Waals surface area contributed by atoms with Crippen molar-refractivity contribution in [3.8, 4) is 0 Å². The molecule has 0 aliphatic carbocycles. The van der Waals surface area contributed by atoms with Crippen LogP contribution in [0.1, 0.15) is 44.7 Å². The highest BCUT2D eigenvalue weighted by molar-refractivity contribution is 5.34. The second-order valence-electron chi connectivity index (χ2n) is 7.38. The van der Waals surface area contributed by atoms with E-state index in [1.165, 1.54) is 5.56 Å². The van der Waals surface area contributed by atoms with Gasteiger partial charge < -0.3 is 4.90 Å². The number of halogens is 1. The second kappa shape index (κ2) is 6.68. The second-order valence-corrected chi connectivity index (χ2v) is 7.38. The Morgan fingerprint density at radius 1 is 1.32 bits per heavy atom. The van der Waals surface area contributed by atoms with E-state index < -0.39 is 0 Å². The number of rotatable bonds is 4. The van der Waals surface area contributed by atoms with Crippen molar-refractivity contribution in [1.29, 1.82) is 0 Å². The van der Waals surface area contributed by atoms with Gasteiger partial charge in [-0.05, 0) is 59.9 Å². The molecule has 22 heavy (non-hydrogen) atoms. The predicted octanol–water partition coefficient (Wildman–Crippen LogP) is 5.08. The summed E-state index contributed by atoms with van der Waals surface area (Å²) in [6.07, 6.45) is 5.20. The monoisotopic (exact) mass is 301 g/mol. The highest BCUT2D eigenvalue weighted by atomic mass is 19.1. The number of hydrogen-bond acceptors (Lipinski definition) is 1. The first kappa shape index (κ1) is 16.8. The van der Waals surface area contributed by atoms with Gasteiger partial charge in [0.15, 0.2) is 0 Å². The highest BCUT2D eigenvalue weighted by Gasteiger charge is 2.23. The summed E-state index contributed by atoms with van der Waals surface area (Å²) in [4.78, 5) is 2.30. The molecule has 1 aliphatic rings. The molecule has 0 amide bonds. The maximum absolute atomic E-state index is 13.6. The van der Waals surface area contributed by atoms with E-state index in [0.717, 1.165) is 43.6 Å². The van der Waals surface area contributed by atoms with Crippen LogP contribution in [0.5, 0.6) is 0 Å². The molecule has 1 aliphatic heterocycles. The number of piperidine rings is 1. The van der Waals surface area contributed by atoms with Gasteiger partial charge in [0.25, 0.3) is 0 Å². The molecule has 0 saturated carbocycles. The molecule has 0 N–H and O–H groups in total. The molecule has 1 nitrogen and oxygen atoms in total. The molecule has 0 aromatic heterocycles. The van der Waals surface area contributed by atoms with Crippen molar-refractivity contribution < 1.29 is 4.39 Å². The van der Waals surface area contributed by atoms with Crippen LogP contribution in [0.4, 0.5) is 4.39 Å². The quantitative estimate of drug-likeness (QED) is 0.701. The van der Waals surface area contributed by atoms with Crippen molar-refractivity contribution in [2.24, 2.45) is 5.92 Å². The minimum absolute atomic E-state index is 0.0186. The molecule has 1 aromatic carbocycles. The third-order valence-electron chi connectivity index (χ3n) is 4.64. The largest absolute Gasteiger partial charge is 0.372 e. The molecule has 2 rings (SSSR count). The zero-order valence-electron chi connectivity index (χ0n) is 14.2. The maximum Gasteiger partial charge on any atom is 0.123 e. The van der Waals surface area contributed by atoms with Gasteiger partial charge >= 0.3 is 0 Å². The van der Waals surface area contributed by atoms with Crippen LogP contribution in [0.2, 0.25) is 0 Å². The van der Waals surface area contributed by atoms with Gasteiger partial charge in [-0.1, -0.05) is 40.0 Å². The fourth-order valence-electron chi connectivity index (χ4n) is 3.29. The van der Waals surface area contributed by atoms with Crippen molar-refractivity contribution in [2.75, 3.05) is 13.1 Å². The Kier molecular flexibility index (Phi) is 5.10. The molecule has 0 spiro atoms. The van der Waals surface area contributed by atoms with Gasteiger partial charge in [-0.25, -0.2) is 4.39 Å². The fourth-order valence-corrected chi connectivity index (χ4v) is 3.29. The summed E-state index contributed by atoms with van der Waals surface area (Å²) in [5.41, 5.74) is 3.45. The molecule has 2 heteroatoms.